The number of unbranched alkanes of at least 4 members (excludes halogenated alkanes) is 12. The van der Waals surface area contributed by atoms with Gasteiger partial charge in [-0.1, -0.05) is 90.6 Å². The molecule has 0 aromatic heterocycles. The van der Waals surface area contributed by atoms with Gasteiger partial charge in [0.1, 0.15) is 6.10 Å². The highest BCUT2D eigenvalue weighted by atomic mass is 28.4. The van der Waals surface area contributed by atoms with Crippen molar-refractivity contribution in [2.45, 2.75) is 136 Å². The van der Waals surface area contributed by atoms with Gasteiger partial charge in [-0.3, -0.25) is 14.4 Å². The summed E-state index contributed by atoms with van der Waals surface area (Å²) in [5.74, 6) is -2.73. The number of rotatable bonds is 22. The standard InChI is InChI=1S/C27H48O8Si/c1-6-8-9-10-11-12-13-14-15-16-17-18-19-20-26(32-27(31)7-2)21-22-36(33-23(3)28,34-24(4)29)35-25(5)30/h7,26H,2,6,8-22H2,1,3-5H3. The number of esters is 1. The summed E-state index contributed by atoms with van der Waals surface area (Å²) in [4.78, 5) is 46.7. The predicted octanol–water partition coefficient (Wildman–Crippen LogP) is 6.58. The van der Waals surface area contributed by atoms with E-state index in [-0.39, 0.29) is 12.5 Å². The van der Waals surface area contributed by atoms with E-state index in [2.05, 4.69) is 13.5 Å². The van der Waals surface area contributed by atoms with Gasteiger partial charge < -0.3 is 18.0 Å². The van der Waals surface area contributed by atoms with E-state index in [0.717, 1.165) is 46.1 Å². The third-order valence-electron chi connectivity index (χ3n) is 5.75. The Morgan fingerprint density at radius 3 is 1.42 bits per heavy atom. The number of ether oxygens (including phenoxy) is 1. The van der Waals surface area contributed by atoms with Crippen LogP contribution in [-0.2, 0) is 37.2 Å². The molecule has 208 valence electrons. The van der Waals surface area contributed by atoms with Gasteiger partial charge >= 0.3 is 14.8 Å². The first-order valence-electron chi connectivity index (χ1n) is 13.6. The summed E-state index contributed by atoms with van der Waals surface area (Å²) in [6.45, 7) is 9.13. The van der Waals surface area contributed by atoms with Gasteiger partial charge in [0.15, 0.2) is 0 Å². The Balaban J connectivity index is 4.56. The molecule has 0 aromatic carbocycles. The van der Waals surface area contributed by atoms with Gasteiger partial charge in [0.2, 0.25) is 0 Å². The molecule has 0 aromatic rings. The highest BCUT2D eigenvalue weighted by Gasteiger charge is 2.52. The first kappa shape index (κ1) is 33.8. The number of hydrogen-bond donors (Lipinski definition) is 0. The van der Waals surface area contributed by atoms with E-state index in [9.17, 15) is 19.2 Å². The number of hydrogen-bond acceptors (Lipinski definition) is 8. The summed E-state index contributed by atoms with van der Waals surface area (Å²) >= 11 is 0. The molecule has 0 bridgehead atoms. The first-order valence-corrected chi connectivity index (χ1v) is 15.5. The van der Waals surface area contributed by atoms with Crippen LogP contribution in [0.4, 0.5) is 0 Å². The summed E-state index contributed by atoms with van der Waals surface area (Å²) in [6, 6.07) is -0.0285. The van der Waals surface area contributed by atoms with Crippen molar-refractivity contribution >= 4 is 32.7 Å². The molecule has 9 heteroatoms. The van der Waals surface area contributed by atoms with Gasteiger partial charge in [0.05, 0.1) is 6.04 Å². The van der Waals surface area contributed by atoms with Gasteiger partial charge in [-0.25, -0.2) is 4.79 Å². The molecule has 0 heterocycles. The molecule has 0 spiro atoms. The quantitative estimate of drug-likeness (QED) is 0.0671. The molecule has 0 saturated carbocycles. The van der Waals surface area contributed by atoms with Crippen LogP contribution in [0.15, 0.2) is 12.7 Å². The third-order valence-corrected chi connectivity index (χ3v) is 8.45. The second-order valence-corrected chi connectivity index (χ2v) is 11.8. The molecule has 0 radical (unpaired) electrons. The first-order chi connectivity index (χ1) is 17.1. The summed E-state index contributed by atoms with van der Waals surface area (Å²) in [7, 11) is -3.96. The summed E-state index contributed by atoms with van der Waals surface area (Å²) in [5, 5.41) is 0. The minimum Gasteiger partial charge on any atom is -0.459 e. The summed E-state index contributed by atoms with van der Waals surface area (Å²) < 4.78 is 21.1. The van der Waals surface area contributed by atoms with E-state index >= 15 is 0 Å². The average molecular weight is 529 g/mol. The maximum Gasteiger partial charge on any atom is 0.705 e. The smallest absolute Gasteiger partial charge is 0.459 e. The van der Waals surface area contributed by atoms with Gasteiger partial charge in [0.25, 0.3) is 17.9 Å². The Hall–Kier alpha value is -2.16. The summed E-state index contributed by atoms with van der Waals surface area (Å²) in [6.07, 6.45) is 17.5. The van der Waals surface area contributed by atoms with Gasteiger partial charge in [-0.15, -0.1) is 0 Å². The lowest BCUT2D eigenvalue weighted by atomic mass is 10.0. The second-order valence-electron chi connectivity index (χ2n) is 9.30. The SMILES string of the molecule is C=CC(=O)OC(CCCCCCCCCCCCCCC)CC[Si](OC(C)=O)(OC(C)=O)OC(C)=O. The van der Waals surface area contributed by atoms with Crippen LogP contribution in [0.25, 0.3) is 0 Å². The molecule has 0 fully saturated rings. The molecule has 0 saturated heterocycles. The molecule has 1 atom stereocenters. The fourth-order valence-electron chi connectivity index (χ4n) is 4.07. The molecule has 0 aliphatic carbocycles. The van der Waals surface area contributed by atoms with Crippen molar-refractivity contribution in [1.82, 2.24) is 0 Å². The highest BCUT2D eigenvalue weighted by molar-refractivity contribution is 6.65. The van der Waals surface area contributed by atoms with Gasteiger partial charge in [0, 0.05) is 26.8 Å². The van der Waals surface area contributed by atoms with E-state index in [1.165, 1.54) is 64.2 Å². The monoisotopic (exact) mass is 528 g/mol. The average Bonchev–Trinajstić information content (AvgIpc) is 2.78. The molecule has 8 nitrogen and oxygen atoms in total. The topological polar surface area (TPSA) is 105 Å². The van der Waals surface area contributed by atoms with E-state index in [0.29, 0.717) is 6.42 Å². The van der Waals surface area contributed by atoms with Crippen molar-refractivity contribution in [3.63, 3.8) is 0 Å². The van der Waals surface area contributed by atoms with Crippen LogP contribution in [0.2, 0.25) is 6.04 Å². The number of carbonyl (C=O) groups excluding carboxylic acids is 4. The van der Waals surface area contributed by atoms with Crippen molar-refractivity contribution < 1.29 is 37.2 Å². The van der Waals surface area contributed by atoms with Crippen LogP contribution in [0.1, 0.15) is 124 Å². The normalized spacial score (nSPS) is 11.9. The Kier molecular flexibility index (Phi) is 19.7. The Bertz CT molecular complexity index is 623. The second kappa shape index (κ2) is 21.0. The fourth-order valence-corrected chi connectivity index (χ4v) is 6.50. The predicted molar refractivity (Wildman–Crippen MR) is 141 cm³/mol. The molecular weight excluding hydrogens is 480 g/mol. The van der Waals surface area contributed by atoms with Crippen molar-refractivity contribution in [2.75, 3.05) is 0 Å². The van der Waals surface area contributed by atoms with Crippen molar-refractivity contribution in [1.29, 1.82) is 0 Å². The lowest BCUT2D eigenvalue weighted by molar-refractivity contribution is -0.149. The zero-order chi connectivity index (χ0) is 27.2. The van der Waals surface area contributed by atoms with E-state index in [1.54, 1.807) is 0 Å². The van der Waals surface area contributed by atoms with E-state index in [1.807, 2.05) is 0 Å². The minimum absolute atomic E-state index is 0.0285. The zero-order valence-corrected chi connectivity index (χ0v) is 23.9. The van der Waals surface area contributed by atoms with Gasteiger partial charge in [-0.2, -0.15) is 0 Å². The lowest BCUT2D eigenvalue weighted by Gasteiger charge is -2.27. The van der Waals surface area contributed by atoms with Crippen LogP contribution >= 0.6 is 0 Å². The molecule has 0 aliphatic heterocycles. The Morgan fingerprint density at radius 2 is 1.06 bits per heavy atom. The molecular formula is C27H48O8Si. The lowest BCUT2D eigenvalue weighted by Crippen LogP contribution is -2.49. The molecule has 0 amide bonds. The zero-order valence-electron chi connectivity index (χ0n) is 22.9. The van der Waals surface area contributed by atoms with E-state index < -0.39 is 38.8 Å². The van der Waals surface area contributed by atoms with Crippen molar-refractivity contribution in [2.24, 2.45) is 0 Å². The molecule has 1 unspecified atom stereocenters. The van der Waals surface area contributed by atoms with Crippen molar-refractivity contribution in [3.8, 4) is 0 Å². The third kappa shape index (κ3) is 19.1. The molecule has 36 heavy (non-hydrogen) atoms. The molecule has 0 rings (SSSR count). The largest absolute Gasteiger partial charge is 0.705 e. The fraction of sp³-hybridized carbons (Fsp3) is 0.778. The van der Waals surface area contributed by atoms with Crippen LogP contribution < -0.4 is 0 Å². The van der Waals surface area contributed by atoms with Gasteiger partial charge in [-0.05, 0) is 19.3 Å². The minimum atomic E-state index is -3.96. The summed E-state index contributed by atoms with van der Waals surface area (Å²) in [5.41, 5.74) is 0. The van der Waals surface area contributed by atoms with Crippen molar-refractivity contribution in [3.05, 3.63) is 12.7 Å². The van der Waals surface area contributed by atoms with Crippen LogP contribution in [0.3, 0.4) is 0 Å². The van der Waals surface area contributed by atoms with Crippen LogP contribution in [0.5, 0.6) is 0 Å². The maximum atomic E-state index is 11.8. The van der Waals surface area contributed by atoms with E-state index in [4.69, 9.17) is 18.0 Å². The van der Waals surface area contributed by atoms with Crippen LogP contribution in [0, 0.1) is 0 Å². The Labute approximate surface area is 218 Å². The highest BCUT2D eigenvalue weighted by Crippen LogP contribution is 2.24. The van der Waals surface area contributed by atoms with Crippen LogP contribution in [-0.4, -0.2) is 38.8 Å². The molecule has 0 N–H and O–H groups in total. The molecule has 0 aliphatic rings. The number of carbonyl (C=O) groups is 4. The Morgan fingerprint density at radius 1 is 0.667 bits per heavy atom. The maximum absolute atomic E-state index is 11.8.